The maximum absolute atomic E-state index is 11.3. The number of halogens is 1. The summed E-state index contributed by atoms with van der Waals surface area (Å²) in [5.74, 6) is -0.164. The highest BCUT2D eigenvalue weighted by Crippen LogP contribution is 2.05. The van der Waals surface area contributed by atoms with Crippen LogP contribution in [0.1, 0.15) is 16.8 Å². The van der Waals surface area contributed by atoms with Crippen LogP contribution in [0, 0.1) is 0 Å². The van der Waals surface area contributed by atoms with Crippen LogP contribution in [0.2, 0.25) is 0 Å². The third kappa shape index (κ3) is 2.87. The summed E-state index contributed by atoms with van der Waals surface area (Å²) >= 11 is 5.39. The summed E-state index contributed by atoms with van der Waals surface area (Å²) in [4.78, 5) is 11.3. The number of ketones is 1. The van der Waals surface area contributed by atoms with Gasteiger partial charge >= 0.3 is 0 Å². The van der Waals surface area contributed by atoms with Crippen molar-refractivity contribution in [3.8, 4) is 0 Å². The number of hydrogen-bond acceptors (Lipinski definition) is 3. The first kappa shape index (κ1) is 9.74. The molecule has 0 aliphatic heterocycles. The van der Waals surface area contributed by atoms with Crippen molar-refractivity contribution in [2.75, 3.05) is 0 Å². The second kappa shape index (κ2) is 4.62. The lowest BCUT2D eigenvalue weighted by Crippen LogP contribution is -2.03. The van der Waals surface area contributed by atoms with E-state index in [1.54, 1.807) is 24.3 Å². The van der Waals surface area contributed by atoms with E-state index in [1.807, 2.05) is 6.07 Å². The molecule has 1 aromatic carbocycles. The molecule has 0 aliphatic rings. The van der Waals surface area contributed by atoms with Crippen molar-refractivity contribution in [1.29, 1.82) is 0 Å². The van der Waals surface area contributed by atoms with Gasteiger partial charge in [0.1, 0.15) is 0 Å². The summed E-state index contributed by atoms with van der Waals surface area (Å²) in [6.45, 7) is 0. The lowest BCUT2D eigenvalue weighted by molar-refractivity contribution is 0.1000. The lowest BCUT2D eigenvalue weighted by atomic mass is 10.1. The molecule has 0 aliphatic carbocycles. The van der Waals surface area contributed by atoms with E-state index < -0.39 is 0 Å². The zero-order valence-corrected chi connectivity index (χ0v) is 7.53. The van der Waals surface area contributed by atoms with Gasteiger partial charge in [0, 0.05) is 5.56 Å². The Hall–Kier alpha value is -1.35. The third-order valence-electron chi connectivity index (χ3n) is 1.51. The Morgan fingerprint density at radius 1 is 1.38 bits per heavy atom. The van der Waals surface area contributed by atoms with Crippen LogP contribution in [0.15, 0.2) is 35.5 Å². The molecule has 0 saturated heterocycles. The monoisotopic (exact) mass is 197 g/mol. The van der Waals surface area contributed by atoms with Crippen LogP contribution in [0.4, 0.5) is 0 Å². The molecular weight excluding hydrogens is 190 g/mol. The maximum Gasteiger partial charge on any atom is 0.169 e. The molecule has 0 saturated carbocycles. The van der Waals surface area contributed by atoms with Gasteiger partial charge in [-0.15, -0.1) is 0 Å². The second-order valence-corrected chi connectivity index (χ2v) is 2.88. The number of nitrogens with zero attached hydrogens (tertiary/aromatic N) is 1. The minimum Gasteiger partial charge on any atom is -0.410 e. The van der Waals surface area contributed by atoms with Gasteiger partial charge in [-0.3, -0.25) is 4.79 Å². The van der Waals surface area contributed by atoms with E-state index in [-0.39, 0.29) is 17.4 Å². The standard InChI is InChI=1S/C9H8ClNO2/c10-9(11-13)6-8(12)7-4-2-1-3-5-7/h1-5,13H,6H2/b11-9-. The molecule has 1 aromatic rings. The summed E-state index contributed by atoms with van der Waals surface area (Å²) in [5.41, 5.74) is 0.560. The fraction of sp³-hybridized carbons (Fsp3) is 0.111. The molecular formula is C9H8ClNO2. The van der Waals surface area contributed by atoms with Crippen LogP contribution in [0.25, 0.3) is 0 Å². The molecule has 1 N–H and O–H groups in total. The van der Waals surface area contributed by atoms with Crippen LogP contribution in [-0.2, 0) is 0 Å². The molecule has 0 heterocycles. The van der Waals surface area contributed by atoms with Crippen LogP contribution in [-0.4, -0.2) is 16.2 Å². The van der Waals surface area contributed by atoms with Crippen LogP contribution in [0.5, 0.6) is 0 Å². The van der Waals surface area contributed by atoms with Crippen molar-refractivity contribution >= 4 is 22.6 Å². The van der Waals surface area contributed by atoms with Gasteiger partial charge < -0.3 is 5.21 Å². The van der Waals surface area contributed by atoms with E-state index >= 15 is 0 Å². The predicted molar refractivity (Wildman–Crippen MR) is 50.5 cm³/mol. The Morgan fingerprint density at radius 3 is 2.54 bits per heavy atom. The number of hydrogen-bond donors (Lipinski definition) is 1. The molecule has 4 heteroatoms. The summed E-state index contributed by atoms with van der Waals surface area (Å²) in [6.07, 6.45) is -0.0674. The Kier molecular flexibility index (Phi) is 3.46. The number of carbonyl (C=O) groups is 1. The zero-order valence-electron chi connectivity index (χ0n) is 6.77. The maximum atomic E-state index is 11.3. The topological polar surface area (TPSA) is 49.7 Å². The van der Waals surface area contributed by atoms with Crippen molar-refractivity contribution in [1.82, 2.24) is 0 Å². The summed E-state index contributed by atoms with van der Waals surface area (Å²) in [5, 5.41) is 10.8. The minimum absolute atomic E-state index is 0.0674. The minimum atomic E-state index is -0.164. The average molecular weight is 198 g/mol. The molecule has 0 spiro atoms. The molecule has 1 rings (SSSR count). The number of oxime groups is 1. The lowest BCUT2D eigenvalue weighted by Gasteiger charge is -1.96. The molecule has 3 nitrogen and oxygen atoms in total. The van der Waals surface area contributed by atoms with Gasteiger partial charge in [0.15, 0.2) is 11.0 Å². The van der Waals surface area contributed by atoms with Gasteiger partial charge in [-0.1, -0.05) is 47.1 Å². The van der Waals surface area contributed by atoms with Crippen LogP contribution >= 0.6 is 11.6 Å². The van der Waals surface area contributed by atoms with E-state index in [0.29, 0.717) is 5.56 Å². The Morgan fingerprint density at radius 2 is 2.00 bits per heavy atom. The SMILES string of the molecule is O=C(C/C(Cl)=N/O)c1ccccc1. The predicted octanol–water partition coefficient (Wildman–Crippen LogP) is 2.29. The normalized spacial score (nSPS) is 11.3. The molecule has 0 radical (unpaired) electrons. The molecule has 13 heavy (non-hydrogen) atoms. The number of carbonyl (C=O) groups excluding carboxylic acids is 1. The van der Waals surface area contributed by atoms with Crippen molar-refractivity contribution < 1.29 is 10.0 Å². The number of benzene rings is 1. The highest BCUT2D eigenvalue weighted by Gasteiger charge is 2.07. The highest BCUT2D eigenvalue weighted by molar-refractivity contribution is 6.66. The van der Waals surface area contributed by atoms with E-state index in [2.05, 4.69) is 5.16 Å². The molecule has 0 fully saturated rings. The molecule has 0 aromatic heterocycles. The quantitative estimate of drug-likeness (QED) is 0.350. The van der Waals surface area contributed by atoms with E-state index in [1.165, 1.54) is 0 Å². The highest BCUT2D eigenvalue weighted by atomic mass is 35.5. The van der Waals surface area contributed by atoms with E-state index in [4.69, 9.17) is 16.8 Å². The largest absolute Gasteiger partial charge is 0.410 e. The van der Waals surface area contributed by atoms with Gasteiger partial charge in [0.25, 0.3) is 0 Å². The molecule has 0 amide bonds. The van der Waals surface area contributed by atoms with E-state index in [9.17, 15) is 4.79 Å². The number of Topliss-reactive ketones (excluding diaryl/α,β-unsaturated/α-hetero) is 1. The summed E-state index contributed by atoms with van der Waals surface area (Å²) in [7, 11) is 0. The van der Waals surface area contributed by atoms with Crippen molar-refractivity contribution in [2.45, 2.75) is 6.42 Å². The van der Waals surface area contributed by atoms with Gasteiger partial charge in [-0.2, -0.15) is 0 Å². The third-order valence-corrected chi connectivity index (χ3v) is 1.72. The second-order valence-electron chi connectivity index (χ2n) is 2.44. The Balaban J connectivity index is 2.70. The van der Waals surface area contributed by atoms with Gasteiger partial charge in [-0.05, 0) is 0 Å². The first-order valence-corrected chi connectivity index (χ1v) is 4.06. The fourth-order valence-corrected chi connectivity index (χ4v) is 1.02. The van der Waals surface area contributed by atoms with Gasteiger partial charge in [0.05, 0.1) is 6.42 Å². The number of rotatable bonds is 3. The molecule has 0 bridgehead atoms. The Labute approximate surface area is 80.6 Å². The average Bonchev–Trinajstić information content (AvgIpc) is 2.19. The van der Waals surface area contributed by atoms with Crippen LogP contribution < -0.4 is 0 Å². The van der Waals surface area contributed by atoms with E-state index in [0.717, 1.165) is 0 Å². The zero-order chi connectivity index (χ0) is 9.68. The molecule has 0 atom stereocenters. The molecule has 0 unspecified atom stereocenters. The summed E-state index contributed by atoms with van der Waals surface area (Å²) in [6, 6.07) is 8.71. The summed E-state index contributed by atoms with van der Waals surface area (Å²) < 4.78 is 0. The van der Waals surface area contributed by atoms with Crippen molar-refractivity contribution in [2.24, 2.45) is 5.16 Å². The first-order valence-electron chi connectivity index (χ1n) is 3.68. The molecule has 68 valence electrons. The van der Waals surface area contributed by atoms with Crippen molar-refractivity contribution in [3.63, 3.8) is 0 Å². The smallest absolute Gasteiger partial charge is 0.169 e. The van der Waals surface area contributed by atoms with Crippen molar-refractivity contribution in [3.05, 3.63) is 35.9 Å². The van der Waals surface area contributed by atoms with Gasteiger partial charge in [-0.25, -0.2) is 0 Å². The van der Waals surface area contributed by atoms with Crippen LogP contribution in [0.3, 0.4) is 0 Å². The van der Waals surface area contributed by atoms with Gasteiger partial charge in [0.2, 0.25) is 0 Å². The first-order chi connectivity index (χ1) is 6.24. The fourth-order valence-electron chi connectivity index (χ4n) is 0.894. The Bertz CT molecular complexity index is 322.